The third-order valence-electron chi connectivity index (χ3n) is 4.94. The molecule has 30 heavy (non-hydrogen) atoms. The molecule has 1 fully saturated rings. The van der Waals surface area contributed by atoms with Crippen LogP contribution < -0.4 is 0 Å². The first kappa shape index (κ1) is 21.6. The fourth-order valence-corrected chi connectivity index (χ4v) is 4.30. The van der Waals surface area contributed by atoms with E-state index in [9.17, 15) is 14.4 Å². The van der Waals surface area contributed by atoms with Gasteiger partial charge in [0.25, 0.3) is 11.1 Å². The third kappa shape index (κ3) is 3.98. The van der Waals surface area contributed by atoms with Gasteiger partial charge in [-0.1, -0.05) is 12.1 Å². The number of esters is 1. The molecule has 0 N–H and O–H groups in total. The smallest absolute Gasteiger partial charge is 0.338 e. The van der Waals surface area contributed by atoms with E-state index in [0.717, 1.165) is 34.4 Å². The van der Waals surface area contributed by atoms with Crippen molar-refractivity contribution >= 4 is 35.0 Å². The molecule has 3 rings (SSSR count). The number of rotatable bonds is 6. The Hall–Kier alpha value is -3.06. The molecular formula is C23H24N2O4S. The van der Waals surface area contributed by atoms with Gasteiger partial charge in [0, 0.05) is 17.1 Å². The summed E-state index contributed by atoms with van der Waals surface area (Å²) in [5, 5.41) is -0.297. The van der Waals surface area contributed by atoms with E-state index < -0.39 is 0 Å². The number of nitrogens with zero attached hydrogens (tertiary/aromatic N) is 2. The van der Waals surface area contributed by atoms with E-state index in [-0.39, 0.29) is 23.2 Å². The lowest BCUT2D eigenvalue weighted by atomic mass is 10.2. The van der Waals surface area contributed by atoms with E-state index in [2.05, 4.69) is 6.58 Å². The lowest BCUT2D eigenvalue weighted by molar-refractivity contribution is -0.123. The van der Waals surface area contributed by atoms with Gasteiger partial charge in [0.2, 0.25) is 0 Å². The lowest BCUT2D eigenvalue weighted by Gasteiger charge is -2.17. The quantitative estimate of drug-likeness (QED) is 0.375. The molecule has 1 atom stereocenters. The summed E-state index contributed by atoms with van der Waals surface area (Å²) in [5.41, 5.74) is 3.98. The zero-order valence-corrected chi connectivity index (χ0v) is 18.3. The summed E-state index contributed by atoms with van der Waals surface area (Å²) >= 11 is 0.932. The highest BCUT2D eigenvalue weighted by Gasteiger charge is 2.37. The second-order valence-electron chi connectivity index (χ2n) is 6.96. The lowest BCUT2D eigenvalue weighted by Crippen LogP contribution is -2.35. The molecule has 2 aromatic rings. The Kier molecular flexibility index (Phi) is 6.31. The second kappa shape index (κ2) is 8.75. The van der Waals surface area contributed by atoms with Crippen LogP contribution in [-0.2, 0) is 9.53 Å². The SMILES string of the molecule is C=C[C@@H](C)N1C(=O)S/C(=C\c2cc(C)n(-c3cccc(C(=O)OCC)c3)c2C)C1=O. The topological polar surface area (TPSA) is 68.6 Å². The molecule has 2 amide bonds. The molecule has 0 spiro atoms. The summed E-state index contributed by atoms with van der Waals surface area (Å²) in [6, 6.07) is 8.81. The van der Waals surface area contributed by atoms with E-state index in [1.54, 1.807) is 38.1 Å². The van der Waals surface area contributed by atoms with Crippen LogP contribution in [0.5, 0.6) is 0 Å². The van der Waals surface area contributed by atoms with Gasteiger partial charge >= 0.3 is 5.97 Å². The highest BCUT2D eigenvalue weighted by molar-refractivity contribution is 8.18. The Balaban J connectivity index is 1.98. The number of benzene rings is 1. The molecule has 0 unspecified atom stereocenters. The Bertz CT molecular complexity index is 1070. The second-order valence-corrected chi connectivity index (χ2v) is 7.95. The molecule has 2 heterocycles. The molecule has 156 valence electrons. The van der Waals surface area contributed by atoms with Gasteiger partial charge < -0.3 is 9.30 Å². The normalized spacial score (nSPS) is 16.3. The number of aromatic nitrogens is 1. The summed E-state index contributed by atoms with van der Waals surface area (Å²) in [5.74, 6) is -0.682. The predicted octanol–water partition coefficient (Wildman–Crippen LogP) is 4.88. The Labute approximate surface area is 180 Å². The van der Waals surface area contributed by atoms with Crippen molar-refractivity contribution < 1.29 is 19.1 Å². The van der Waals surface area contributed by atoms with E-state index in [4.69, 9.17) is 4.74 Å². The van der Waals surface area contributed by atoms with Gasteiger partial charge in [0.1, 0.15) is 0 Å². The standard InChI is InChI=1S/C23H24N2O4S/c1-6-14(3)25-21(26)20(30-23(25)28)13-18-11-15(4)24(16(18)5)19-10-8-9-17(12-19)22(27)29-7-2/h6,8-14H,1,7H2,2-5H3/b20-13-/t14-/m1/s1. The van der Waals surface area contributed by atoms with E-state index in [1.807, 2.05) is 36.6 Å². The van der Waals surface area contributed by atoms with Crippen LogP contribution in [-0.4, -0.2) is 39.2 Å². The van der Waals surface area contributed by atoms with Crippen molar-refractivity contribution in [2.45, 2.75) is 33.7 Å². The van der Waals surface area contributed by atoms with Gasteiger partial charge in [0.05, 0.1) is 23.1 Å². The molecule has 0 radical (unpaired) electrons. The van der Waals surface area contributed by atoms with E-state index in [1.165, 1.54) is 4.90 Å². The van der Waals surface area contributed by atoms with Crippen LogP contribution in [0.4, 0.5) is 4.79 Å². The van der Waals surface area contributed by atoms with Crippen molar-refractivity contribution in [3.8, 4) is 5.69 Å². The van der Waals surface area contributed by atoms with Gasteiger partial charge in [-0.15, -0.1) is 6.58 Å². The fraction of sp³-hybridized carbons (Fsp3) is 0.261. The van der Waals surface area contributed by atoms with Crippen molar-refractivity contribution in [1.29, 1.82) is 0 Å². The Morgan fingerprint density at radius 1 is 1.27 bits per heavy atom. The van der Waals surface area contributed by atoms with Crippen molar-refractivity contribution in [3.63, 3.8) is 0 Å². The third-order valence-corrected chi connectivity index (χ3v) is 5.83. The van der Waals surface area contributed by atoms with Gasteiger partial charge in [-0.25, -0.2) is 4.79 Å². The molecule has 1 aliphatic rings. The van der Waals surface area contributed by atoms with Gasteiger partial charge in [-0.2, -0.15) is 0 Å². The molecule has 0 aliphatic carbocycles. The molecule has 0 bridgehead atoms. The van der Waals surface area contributed by atoms with Crippen molar-refractivity contribution in [2.24, 2.45) is 0 Å². The predicted molar refractivity (Wildman–Crippen MR) is 119 cm³/mol. The summed E-state index contributed by atoms with van der Waals surface area (Å²) < 4.78 is 7.10. The highest BCUT2D eigenvalue weighted by atomic mass is 32.2. The van der Waals surface area contributed by atoms with Crippen LogP contribution in [0.1, 0.15) is 41.2 Å². The first-order valence-electron chi connectivity index (χ1n) is 9.64. The van der Waals surface area contributed by atoms with E-state index >= 15 is 0 Å². The van der Waals surface area contributed by atoms with Crippen LogP contribution in [0.15, 0.2) is 47.9 Å². The minimum absolute atomic E-state index is 0.297. The maximum Gasteiger partial charge on any atom is 0.338 e. The number of hydrogen-bond acceptors (Lipinski definition) is 5. The number of thioether (sulfide) groups is 1. The van der Waals surface area contributed by atoms with Gasteiger partial charge in [0.15, 0.2) is 0 Å². The number of imide groups is 1. The van der Waals surface area contributed by atoms with Crippen molar-refractivity contribution in [3.05, 3.63) is 70.4 Å². The summed E-state index contributed by atoms with van der Waals surface area (Å²) in [6.45, 7) is 11.4. The van der Waals surface area contributed by atoms with Crippen molar-refractivity contribution in [1.82, 2.24) is 9.47 Å². The van der Waals surface area contributed by atoms with Gasteiger partial charge in [-0.3, -0.25) is 14.5 Å². The fourth-order valence-electron chi connectivity index (χ4n) is 3.40. The average molecular weight is 425 g/mol. The molecule has 0 saturated carbocycles. The number of amides is 2. The molecule has 6 nitrogen and oxygen atoms in total. The number of ether oxygens (including phenoxy) is 1. The molecule has 1 saturated heterocycles. The van der Waals surface area contributed by atoms with E-state index in [0.29, 0.717) is 17.1 Å². The van der Waals surface area contributed by atoms with Crippen LogP contribution in [0, 0.1) is 13.8 Å². The molecular weight excluding hydrogens is 400 g/mol. The Morgan fingerprint density at radius 3 is 2.67 bits per heavy atom. The Morgan fingerprint density at radius 2 is 2.00 bits per heavy atom. The maximum absolute atomic E-state index is 12.7. The molecule has 7 heteroatoms. The summed E-state index contributed by atoms with van der Waals surface area (Å²) in [7, 11) is 0. The number of carbonyl (C=O) groups is 3. The average Bonchev–Trinajstić information content (AvgIpc) is 3.16. The van der Waals surface area contributed by atoms with Gasteiger partial charge in [-0.05, 0) is 75.4 Å². The summed E-state index contributed by atoms with van der Waals surface area (Å²) in [6.07, 6.45) is 3.32. The minimum Gasteiger partial charge on any atom is -0.462 e. The monoisotopic (exact) mass is 424 g/mol. The minimum atomic E-state index is -0.368. The largest absolute Gasteiger partial charge is 0.462 e. The maximum atomic E-state index is 12.7. The highest BCUT2D eigenvalue weighted by Crippen LogP contribution is 2.35. The summed E-state index contributed by atoms with van der Waals surface area (Å²) in [4.78, 5) is 38.6. The van der Waals surface area contributed by atoms with Crippen molar-refractivity contribution in [2.75, 3.05) is 6.61 Å². The first-order chi connectivity index (χ1) is 14.3. The zero-order valence-electron chi connectivity index (χ0n) is 17.5. The number of aryl methyl sites for hydroxylation is 1. The molecule has 1 aromatic heterocycles. The van der Waals surface area contributed by atoms with Crippen LogP contribution in [0.3, 0.4) is 0 Å². The number of hydrogen-bond donors (Lipinski definition) is 0. The molecule has 1 aliphatic heterocycles. The zero-order chi connectivity index (χ0) is 22.0. The first-order valence-corrected chi connectivity index (χ1v) is 10.5. The molecule has 1 aromatic carbocycles. The number of carbonyl (C=O) groups excluding carboxylic acids is 3. The van der Waals surface area contributed by atoms with Crippen LogP contribution in [0.2, 0.25) is 0 Å². The van der Waals surface area contributed by atoms with Crippen LogP contribution in [0.25, 0.3) is 11.8 Å². The van der Waals surface area contributed by atoms with Crippen LogP contribution >= 0.6 is 11.8 Å².